The van der Waals surface area contributed by atoms with Crippen molar-refractivity contribution in [2.24, 2.45) is 4.99 Å². The fourth-order valence-corrected chi connectivity index (χ4v) is 2.21. The third kappa shape index (κ3) is 3.94. The molecular weight excluding hydrogens is 238 g/mol. The van der Waals surface area contributed by atoms with Crippen LogP contribution in [0.3, 0.4) is 0 Å². The van der Waals surface area contributed by atoms with Crippen molar-refractivity contribution in [2.45, 2.75) is 34.1 Å². The summed E-state index contributed by atoms with van der Waals surface area (Å²) in [4.78, 5) is 20.9. The van der Waals surface area contributed by atoms with Gasteiger partial charge in [-0.05, 0) is 33.8 Å². The molecule has 0 saturated heterocycles. The number of likely N-dealkylation sites (N-methyl/N-ethyl adjacent to an activating group) is 1. The summed E-state index contributed by atoms with van der Waals surface area (Å²) in [5.74, 6) is 1.10. The van der Waals surface area contributed by atoms with Crippen LogP contribution in [0, 0.1) is 0 Å². The Hall–Kier alpha value is -1.58. The van der Waals surface area contributed by atoms with Gasteiger partial charge in [-0.2, -0.15) is 0 Å². The largest absolute Gasteiger partial charge is 0.360 e. The molecule has 0 unspecified atom stereocenters. The molecule has 0 saturated carbocycles. The van der Waals surface area contributed by atoms with Crippen molar-refractivity contribution in [3.8, 4) is 0 Å². The fraction of sp³-hybridized carbons (Fsp3) is 0.600. The molecule has 0 aromatic carbocycles. The highest BCUT2D eigenvalue weighted by Crippen LogP contribution is 2.14. The van der Waals surface area contributed by atoms with E-state index < -0.39 is 0 Å². The van der Waals surface area contributed by atoms with Crippen molar-refractivity contribution in [3.63, 3.8) is 0 Å². The van der Waals surface area contributed by atoms with Crippen LogP contribution in [-0.4, -0.2) is 47.7 Å². The summed E-state index contributed by atoms with van der Waals surface area (Å²) >= 11 is 0. The number of aliphatic imine (C=N–C) groups is 1. The van der Waals surface area contributed by atoms with Crippen LogP contribution < -0.4 is 0 Å². The maximum Gasteiger partial charge on any atom is 0.250 e. The van der Waals surface area contributed by atoms with Crippen molar-refractivity contribution in [1.82, 2.24) is 9.80 Å². The van der Waals surface area contributed by atoms with E-state index in [0.717, 1.165) is 37.6 Å². The summed E-state index contributed by atoms with van der Waals surface area (Å²) in [5.41, 5.74) is 0.822. The first-order valence-corrected chi connectivity index (χ1v) is 7.14. The lowest BCUT2D eigenvalue weighted by Gasteiger charge is -2.25. The number of hydrogen-bond donors (Lipinski definition) is 0. The number of allylic oxidation sites excluding steroid dienone is 2. The predicted octanol–water partition coefficient (Wildman–Crippen LogP) is 2.44. The zero-order chi connectivity index (χ0) is 14.3. The van der Waals surface area contributed by atoms with E-state index in [-0.39, 0.29) is 5.91 Å². The number of hydrogen-bond acceptors (Lipinski definition) is 3. The van der Waals surface area contributed by atoms with E-state index in [1.807, 2.05) is 30.9 Å². The van der Waals surface area contributed by atoms with Crippen molar-refractivity contribution in [2.75, 3.05) is 26.2 Å². The first kappa shape index (κ1) is 15.5. The molecule has 0 atom stereocenters. The molecule has 106 valence electrons. The highest BCUT2D eigenvalue weighted by molar-refractivity contribution is 6.00. The average Bonchev–Trinajstić information content (AvgIpc) is 2.67. The van der Waals surface area contributed by atoms with Crippen LogP contribution in [0.25, 0.3) is 0 Å². The summed E-state index contributed by atoms with van der Waals surface area (Å²) in [6.45, 7) is 11.5. The number of carbonyl (C=O) groups excluding carboxylic acids is 1. The minimum Gasteiger partial charge on any atom is -0.360 e. The van der Waals surface area contributed by atoms with E-state index in [1.165, 1.54) is 0 Å². The highest BCUT2D eigenvalue weighted by Gasteiger charge is 2.19. The highest BCUT2D eigenvalue weighted by atomic mass is 16.2. The number of carbonyl (C=O) groups is 1. The molecule has 0 radical (unpaired) electrons. The Balaban J connectivity index is 2.88. The van der Waals surface area contributed by atoms with Crippen LogP contribution in [-0.2, 0) is 4.79 Å². The summed E-state index contributed by atoms with van der Waals surface area (Å²) in [6, 6.07) is 0. The second-order valence-corrected chi connectivity index (χ2v) is 4.41. The molecule has 1 amide bonds. The predicted molar refractivity (Wildman–Crippen MR) is 80.1 cm³/mol. The van der Waals surface area contributed by atoms with Crippen LogP contribution in [0.2, 0.25) is 0 Å². The molecule has 1 aliphatic heterocycles. The molecule has 0 fully saturated rings. The van der Waals surface area contributed by atoms with Crippen LogP contribution in [0.15, 0.2) is 28.9 Å². The molecule has 1 aliphatic rings. The van der Waals surface area contributed by atoms with Crippen molar-refractivity contribution >= 4 is 11.7 Å². The zero-order valence-electron chi connectivity index (χ0n) is 12.5. The van der Waals surface area contributed by atoms with Crippen molar-refractivity contribution in [3.05, 3.63) is 23.9 Å². The van der Waals surface area contributed by atoms with E-state index in [9.17, 15) is 4.79 Å². The maximum absolute atomic E-state index is 12.4. The molecule has 4 heteroatoms. The third-order valence-corrected chi connectivity index (χ3v) is 3.41. The standard InChI is InChI=1S/C15H25N3O/c1-5-17(6-2)14-12-13(10-9-11-16-14)15(19)18(7-3)8-4/h9-11H,5-8,12H2,1-4H3. The summed E-state index contributed by atoms with van der Waals surface area (Å²) in [6.07, 6.45) is 6.13. The summed E-state index contributed by atoms with van der Waals surface area (Å²) < 4.78 is 0. The maximum atomic E-state index is 12.4. The van der Waals surface area contributed by atoms with Gasteiger partial charge in [0.2, 0.25) is 5.91 Å². The number of amides is 1. The van der Waals surface area contributed by atoms with E-state index in [1.54, 1.807) is 6.20 Å². The Morgan fingerprint density at radius 3 is 2.32 bits per heavy atom. The second-order valence-electron chi connectivity index (χ2n) is 4.41. The first-order valence-electron chi connectivity index (χ1n) is 7.14. The third-order valence-electron chi connectivity index (χ3n) is 3.41. The Morgan fingerprint density at radius 1 is 1.16 bits per heavy atom. The van der Waals surface area contributed by atoms with Gasteiger partial charge in [0.05, 0.1) is 0 Å². The molecule has 1 heterocycles. The Bertz CT molecular complexity index is 388. The number of amidine groups is 1. The van der Waals surface area contributed by atoms with Crippen molar-refractivity contribution < 1.29 is 4.79 Å². The lowest BCUT2D eigenvalue weighted by Crippen LogP contribution is -2.35. The average molecular weight is 263 g/mol. The van der Waals surface area contributed by atoms with Crippen LogP contribution in [0.5, 0.6) is 0 Å². The summed E-state index contributed by atoms with van der Waals surface area (Å²) in [5, 5.41) is 0. The Kier molecular flexibility index (Phi) is 6.33. The molecule has 4 nitrogen and oxygen atoms in total. The van der Waals surface area contributed by atoms with Crippen LogP contribution in [0.4, 0.5) is 0 Å². The van der Waals surface area contributed by atoms with Gasteiger partial charge in [0, 0.05) is 44.4 Å². The Morgan fingerprint density at radius 2 is 1.79 bits per heavy atom. The zero-order valence-corrected chi connectivity index (χ0v) is 12.5. The van der Waals surface area contributed by atoms with Crippen molar-refractivity contribution in [1.29, 1.82) is 0 Å². The topological polar surface area (TPSA) is 35.9 Å². The molecule has 0 aromatic heterocycles. The molecule has 0 N–H and O–H groups in total. The molecule has 1 rings (SSSR count). The SMILES string of the molecule is CCN(CC)C(=O)C1=CC=CN=C(N(CC)CC)C1. The van der Waals surface area contributed by atoms with Gasteiger partial charge in [-0.3, -0.25) is 4.79 Å². The quantitative estimate of drug-likeness (QED) is 0.764. The van der Waals surface area contributed by atoms with Gasteiger partial charge in [0.25, 0.3) is 0 Å². The van der Waals surface area contributed by atoms with Gasteiger partial charge in [-0.15, -0.1) is 0 Å². The normalized spacial score (nSPS) is 14.5. The van der Waals surface area contributed by atoms with Gasteiger partial charge in [-0.1, -0.05) is 6.08 Å². The van der Waals surface area contributed by atoms with E-state index >= 15 is 0 Å². The smallest absolute Gasteiger partial charge is 0.250 e. The number of rotatable bonds is 5. The minimum absolute atomic E-state index is 0.122. The lowest BCUT2D eigenvalue weighted by molar-refractivity contribution is -0.126. The van der Waals surface area contributed by atoms with Crippen LogP contribution in [0.1, 0.15) is 34.1 Å². The van der Waals surface area contributed by atoms with Gasteiger partial charge in [-0.25, -0.2) is 4.99 Å². The number of nitrogens with zero attached hydrogens (tertiary/aromatic N) is 3. The van der Waals surface area contributed by atoms with Crippen LogP contribution >= 0.6 is 0 Å². The van der Waals surface area contributed by atoms with Gasteiger partial charge in [0.1, 0.15) is 5.84 Å². The lowest BCUT2D eigenvalue weighted by atomic mass is 10.1. The van der Waals surface area contributed by atoms with Gasteiger partial charge < -0.3 is 9.80 Å². The van der Waals surface area contributed by atoms with Gasteiger partial charge in [0.15, 0.2) is 0 Å². The Labute approximate surface area is 116 Å². The first-order chi connectivity index (χ1) is 9.17. The molecular formula is C15H25N3O. The molecule has 0 bridgehead atoms. The second kappa shape index (κ2) is 7.77. The molecule has 0 aliphatic carbocycles. The molecule has 19 heavy (non-hydrogen) atoms. The van der Waals surface area contributed by atoms with E-state index in [2.05, 4.69) is 23.7 Å². The van der Waals surface area contributed by atoms with E-state index in [4.69, 9.17) is 0 Å². The fourth-order valence-electron chi connectivity index (χ4n) is 2.21. The minimum atomic E-state index is 0.122. The monoisotopic (exact) mass is 263 g/mol. The molecule has 0 spiro atoms. The van der Waals surface area contributed by atoms with E-state index in [0.29, 0.717) is 6.42 Å². The molecule has 0 aromatic rings. The summed E-state index contributed by atoms with van der Waals surface area (Å²) in [7, 11) is 0. The van der Waals surface area contributed by atoms with Gasteiger partial charge >= 0.3 is 0 Å².